The summed E-state index contributed by atoms with van der Waals surface area (Å²) in [5.41, 5.74) is 0. The first-order valence-corrected chi connectivity index (χ1v) is 3.88. The third-order valence-corrected chi connectivity index (χ3v) is 2.14. The van der Waals surface area contributed by atoms with Gasteiger partial charge in [-0.1, -0.05) is 12.8 Å². The molecule has 1 aromatic rings. The molecule has 1 heterocycles. The van der Waals surface area contributed by atoms with Crippen LogP contribution in [0.3, 0.4) is 0 Å². The van der Waals surface area contributed by atoms with Gasteiger partial charge in [0, 0.05) is 6.20 Å². The van der Waals surface area contributed by atoms with Crippen molar-refractivity contribution in [3.05, 3.63) is 18.5 Å². The summed E-state index contributed by atoms with van der Waals surface area (Å²) in [5, 5.41) is 4.16. The first-order chi connectivity index (χ1) is 4.97. The van der Waals surface area contributed by atoms with Gasteiger partial charge in [0.2, 0.25) is 0 Å². The topological polar surface area (TPSA) is 17.8 Å². The van der Waals surface area contributed by atoms with Crippen molar-refractivity contribution in [1.82, 2.24) is 9.78 Å². The Morgan fingerprint density at radius 2 is 2.20 bits per heavy atom. The molecule has 0 saturated heterocycles. The van der Waals surface area contributed by atoms with Crippen LogP contribution in [0.15, 0.2) is 12.3 Å². The van der Waals surface area contributed by atoms with Crippen molar-refractivity contribution >= 4 is 0 Å². The van der Waals surface area contributed by atoms with E-state index in [1.54, 1.807) is 6.20 Å². The number of hydrogen-bond donors (Lipinski definition) is 0. The highest BCUT2D eigenvalue weighted by Crippen LogP contribution is 2.27. The van der Waals surface area contributed by atoms with E-state index in [0.717, 1.165) is 0 Å². The summed E-state index contributed by atoms with van der Waals surface area (Å²) >= 11 is 0. The van der Waals surface area contributed by atoms with E-state index in [1.165, 1.54) is 25.7 Å². The molecule has 0 aliphatic heterocycles. The summed E-state index contributed by atoms with van der Waals surface area (Å²) in [6.45, 7) is 0. The number of nitrogens with zero attached hydrogens (tertiary/aromatic N) is 2. The van der Waals surface area contributed by atoms with E-state index in [1.807, 2.05) is 10.7 Å². The molecular weight excluding hydrogens is 124 g/mol. The molecule has 2 heteroatoms. The molecule has 1 aliphatic carbocycles. The highest BCUT2D eigenvalue weighted by atomic mass is 15.3. The summed E-state index contributed by atoms with van der Waals surface area (Å²) in [6.07, 6.45) is 10.2. The van der Waals surface area contributed by atoms with E-state index in [9.17, 15) is 0 Å². The zero-order valence-electron chi connectivity index (χ0n) is 5.95. The second-order valence-electron chi connectivity index (χ2n) is 2.84. The fourth-order valence-corrected chi connectivity index (χ4v) is 1.60. The van der Waals surface area contributed by atoms with E-state index in [4.69, 9.17) is 0 Å². The Labute approximate surface area is 60.9 Å². The molecule has 0 aromatic carbocycles. The lowest BCUT2D eigenvalue weighted by atomic mass is 10.3. The quantitative estimate of drug-likeness (QED) is 0.574. The maximum atomic E-state index is 4.16. The Kier molecular flexibility index (Phi) is 1.46. The predicted molar refractivity (Wildman–Crippen MR) is 38.6 cm³/mol. The van der Waals surface area contributed by atoms with Crippen molar-refractivity contribution < 1.29 is 0 Å². The fourth-order valence-electron chi connectivity index (χ4n) is 1.60. The average molecular weight is 135 g/mol. The number of aromatic nitrogens is 2. The van der Waals surface area contributed by atoms with Gasteiger partial charge in [-0.15, -0.1) is 0 Å². The Morgan fingerprint density at radius 3 is 2.80 bits per heavy atom. The largest absolute Gasteiger partial charge is 0.260 e. The Balaban J connectivity index is 2.12. The summed E-state index contributed by atoms with van der Waals surface area (Å²) in [6, 6.07) is 2.52. The molecule has 0 N–H and O–H groups in total. The van der Waals surface area contributed by atoms with Crippen LogP contribution in [-0.2, 0) is 0 Å². The van der Waals surface area contributed by atoms with Crippen LogP contribution in [0.4, 0.5) is 0 Å². The lowest BCUT2D eigenvalue weighted by Crippen LogP contribution is -2.04. The van der Waals surface area contributed by atoms with Gasteiger partial charge in [0.05, 0.1) is 12.2 Å². The third-order valence-electron chi connectivity index (χ3n) is 2.14. The molecule has 1 fully saturated rings. The van der Waals surface area contributed by atoms with Gasteiger partial charge in [0.25, 0.3) is 0 Å². The molecule has 2 nitrogen and oxygen atoms in total. The van der Waals surface area contributed by atoms with Crippen LogP contribution in [0.1, 0.15) is 31.7 Å². The molecule has 0 unspecified atom stereocenters. The maximum absolute atomic E-state index is 4.16. The Hall–Kier alpha value is -0.790. The minimum atomic E-state index is 0.648. The SMILES string of the molecule is [c]1ccnn1C1CCCC1. The summed E-state index contributed by atoms with van der Waals surface area (Å²) < 4.78 is 1.97. The molecule has 1 saturated carbocycles. The average Bonchev–Trinajstić information content (AvgIpc) is 2.59. The van der Waals surface area contributed by atoms with Crippen LogP contribution in [0.2, 0.25) is 0 Å². The van der Waals surface area contributed by atoms with Crippen molar-refractivity contribution in [3.63, 3.8) is 0 Å². The van der Waals surface area contributed by atoms with E-state index < -0.39 is 0 Å². The lowest BCUT2D eigenvalue weighted by molar-refractivity contribution is 0.464. The highest BCUT2D eigenvalue weighted by molar-refractivity contribution is 4.81. The van der Waals surface area contributed by atoms with Crippen molar-refractivity contribution in [3.8, 4) is 0 Å². The lowest BCUT2D eigenvalue weighted by Gasteiger charge is -2.07. The molecule has 53 valence electrons. The second kappa shape index (κ2) is 2.45. The first-order valence-electron chi connectivity index (χ1n) is 3.88. The van der Waals surface area contributed by atoms with E-state index in [0.29, 0.717) is 6.04 Å². The van der Waals surface area contributed by atoms with Gasteiger partial charge in [-0.3, -0.25) is 4.68 Å². The van der Waals surface area contributed by atoms with Gasteiger partial charge >= 0.3 is 0 Å². The van der Waals surface area contributed by atoms with Gasteiger partial charge in [0.1, 0.15) is 0 Å². The van der Waals surface area contributed by atoms with Crippen LogP contribution in [0, 0.1) is 6.20 Å². The first kappa shape index (κ1) is 5.96. The number of rotatable bonds is 1. The van der Waals surface area contributed by atoms with E-state index >= 15 is 0 Å². The summed E-state index contributed by atoms with van der Waals surface area (Å²) in [4.78, 5) is 0. The van der Waals surface area contributed by atoms with Crippen LogP contribution >= 0.6 is 0 Å². The molecule has 1 radical (unpaired) electrons. The zero-order valence-corrected chi connectivity index (χ0v) is 5.95. The third kappa shape index (κ3) is 0.939. The maximum Gasteiger partial charge on any atom is 0.0866 e. The second-order valence-corrected chi connectivity index (χ2v) is 2.84. The zero-order chi connectivity index (χ0) is 6.81. The molecule has 10 heavy (non-hydrogen) atoms. The van der Waals surface area contributed by atoms with Crippen LogP contribution < -0.4 is 0 Å². The molecule has 2 rings (SSSR count). The normalized spacial score (nSPS) is 20.0. The van der Waals surface area contributed by atoms with Crippen molar-refractivity contribution in [1.29, 1.82) is 0 Å². The fraction of sp³-hybridized carbons (Fsp3) is 0.625. The highest BCUT2D eigenvalue weighted by Gasteiger charge is 2.16. The van der Waals surface area contributed by atoms with Gasteiger partial charge in [0.15, 0.2) is 0 Å². The standard InChI is InChI=1S/C8H11N2/c1-2-5-8(4-1)10-7-3-6-9-10/h3,6,8H,1-2,4-5H2. The minimum absolute atomic E-state index is 0.648. The van der Waals surface area contributed by atoms with E-state index in [-0.39, 0.29) is 0 Å². The molecule has 1 aliphatic rings. The Bertz CT molecular complexity index is 185. The predicted octanol–water partition coefficient (Wildman–Crippen LogP) is 1.80. The molecular formula is C8H11N2. The number of hydrogen-bond acceptors (Lipinski definition) is 1. The van der Waals surface area contributed by atoms with Crippen molar-refractivity contribution in [2.24, 2.45) is 0 Å². The van der Waals surface area contributed by atoms with Gasteiger partial charge < -0.3 is 0 Å². The van der Waals surface area contributed by atoms with Gasteiger partial charge in [-0.25, -0.2) is 0 Å². The minimum Gasteiger partial charge on any atom is -0.260 e. The molecule has 0 spiro atoms. The summed E-state index contributed by atoms with van der Waals surface area (Å²) in [7, 11) is 0. The molecule has 0 amide bonds. The van der Waals surface area contributed by atoms with Gasteiger partial charge in [-0.2, -0.15) is 5.10 Å². The van der Waals surface area contributed by atoms with Gasteiger partial charge in [-0.05, 0) is 18.9 Å². The van der Waals surface area contributed by atoms with Crippen molar-refractivity contribution in [2.75, 3.05) is 0 Å². The molecule has 0 atom stereocenters. The van der Waals surface area contributed by atoms with Crippen LogP contribution in [0.5, 0.6) is 0 Å². The van der Waals surface area contributed by atoms with Crippen molar-refractivity contribution in [2.45, 2.75) is 31.7 Å². The molecule has 0 bridgehead atoms. The van der Waals surface area contributed by atoms with E-state index in [2.05, 4.69) is 11.3 Å². The van der Waals surface area contributed by atoms with Crippen LogP contribution in [0.25, 0.3) is 0 Å². The monoisotopic (exact) mass is 135 g/mol. The molecule has 1 aromatic heterocycles. The summed E-state index contributed by atoms with van der Waals surface area (Å²) in [5.74, 6) is 0. The smallest absolute Gasteiger partial charge is 0.0866 e. The Morgan fingerprint density at radius 1 is 1.40 bits per heavy atom. The van der Waals surface area contributed by atoms with Crippen LogP contribution in [-0.4, -0.2) is 9.78 Å².